The van der Waals surface area contributed by atoms with E-state index in [1.165, 1.54) is 24.1 Å². The van der Waals surface area contributed by atoms with Gasteiger partial charge in [-0.2, -0.15) is 5.26 Å². The zero-order valence-corrected chi connectivity index (χ0v) is 11.0. The Labute approximate surface area is 113 Å². The number of hydrogen-bond donors (Lipinski definition) is 0. The molecule has 2 aromatic rings. The Balaban J connectivity index is 1.95. The van der Waals surface area contributed by atoms with Gasteiger partial charge in [0.25, 0.3) is 0 Å². The molecule has 3 heteroatoms. The minimum Gasteiger partial charge on any atom is -0.331 e. The van der Waals surface area contributed by atoms with Gasteiger partial charge in [0.05, 0.1) is 18.2 Å². The monoisotopic (exact) mass is 251 g/mol. The van der Waals surface area contributed by atoms with E-state index in [4.69, 9.17) is 10.2 Å². The van der Waals surface area contributed by atoms with Crippen LogP contribution in [0.3, 0.4) is 0 Å². The van der Waals surface area contributed by atoms with Crippen molar-refractivity contribution in [2.24, 2.45) is 0 Å². The summed E-state index contributed by atoms with van der Waals surface area (Å²) >= 11 is 0. The van der Waals surface area contributed by atoms with E-state index in [9.17, 15) is 0 Å². The van der Waals surface area contributed by atoms with Crippen LogP contribution in [0.2, 0.25) is 0 Å². The maximum absolute atomic E-state index is 8.92. The van der Waals surface area contributed by atoms with E-state index in [0.717, 1.165) is 30.9 Å². The molecule has 0 atom stereocenters. The minimum absolute atomic E-state index is 0.435. The molecule has 0 fully saturated rings. The normalized spacial score (nSPS) is 13.8. The van der Waals surface area contributed by atoms with Crippen LogP contribution in [0.15, 0.2) is 30.3 Å². The van der Waals surface area contributed by atoms with Gasteiger partial charge in [-0.25, -0.2) is 4.98 Å². The maximum atomic E-state index is 8.92. The lowest BCUT2D eigenvalue weighted by Crippen LogP contribution is -2.13. The molecule has 0 N–H and O–H groups in total. The van der Waals surface area contributed by atoms with Crippen molar-refractivity contribution >= 4 is 0 Å². The van der Waals surface area contributed by atoms with Crippen molar-refractivity contribution in [2.45, 2.75) is 38.6 Å². The summed E-state index contributed by atoms with van der Waals surface area (Å²) < 4.78 is 2.34. The molecule has 0 unspecified atom stereocenters. The Morgan fingerprint density at radius 3 is 2.84 bits per heavy atom. The largest absolute Gasteiger partial charge is 0.331 e. The Hall–Kier alpha value is -2.08. The number of fused-ring (bicyclic) bond motifs is 1. The number of nitriles is 1. The molecule has 1 aliphatic heterocycles. The van der Waals surface area contributed by atoms with E-state index in [1.54, 1.807) is 0 Å². The third kappa shape index (κ3) is 2.39. The van der Waals surface area contributed by atoms with Crippen LogP contribution in [-0.4, -0.2) is 9.55 Å². The summed E-state index contributed by atoms with van der Waals surface area (Å²) in [5, 5.41) is 8.92. The predicted octanol–water partition coefficient (Wildman–Crippen LogP) is 2.88. The Morgan fingerprint density at radius 1 is 1.21 bits per heavy atom. The topological polar surface area (TPSA) is 41.6 Å². The van der Waals surface area contributed by atoms with Crippen molar-refractivity contribution in [1.82, 2.24) is 9.55 Å². The van der Waals surface area contributed by atoms with Crippen LogP contribution in [-0.2, 0) is 25.8 Å². The number of hydrogen-bond acceptors (Lipinski definition) is 2. The van der Waals surface area contributed by atoms with E-state index in [-0.39, 0.29) is 0 Å². The van der Waals surface area contributed by atoms with Gasteiger partial charge in [-0.1, -0.05) is 30.3 Å². The second-order valence-electron chi connectivity index (χ2n) is 5.03. The summed E-state index contributed by atoms with van der Waals surface area (Å²) in [4.78, 5) is 4.72. The average molecular weight is 251 g/mol. The van der Waals surface area contributed by atoms with Gasteiger partial charge in [-0.3, -0.25) is 0 Å². The smallest absolute Gasteiger partial charge is 0.113 e. The number of imidazole rings is 1. The minimum atomic E-state index is 0.435. The summed E-state index contributed by atoms with van der Waals surface area (Å²) in [5.41, 5.74) is 3.57. The van der Waals surface area contributed by atoms with Crippen LogP contribution < -0.4 is 0 Å². The van der Waals surface area contributed by atoms with Crippen molar-refractivity contribution in [2.75, 3.05) is 0 Å². The van der Waals surface area contributed by atoms with Crippen LogP contribution >= 0.6 is 0 Å². The SMILES string of the molecule is N#CCc1nc(Cc2ccccc2)n2c1CCCC2. The molecular weight excluding hydrogens is 234 g/mol. The first-order chi connectivity index (χ1) is 9.38. The van der Waals surface area contributed by atoms with Crippen molar-refractivity contribution < 1.29 is 0 Å². The number of rotatable bonds is 3. The molecule has 0 aliphatic carbocycles. The molecule has 0 radical (unpaired) electrons. The average Bonchev–Trinajstić information content (AvgIpc) is 2.79. The van der Waals surface area contributed by atoms with Crippen molar-refractivity contribution in [3.05, 3.63) is 53.1 Å². The quantitative estimate of drug-likeness (QED) is 0.841. The third-order valence-electron chi connectivity index (χ3n) is 3.73. The van der Waals surface area contributed by atoms with Crippen LogP contribution in [0.25, 0.3) is 0 Å². The standard InChI is InChI=1S/C16H17N3/c17-10-9-14-15-8-4-5-11-19(15)16(18-14)12-13-6-2-1-3-7-13/h1-3,6-7H,4-5,8-9,11-12H2. The highest BCUT2D eigenvalue weighted by molar-refractivity contribution is 5.26. The Morgan fingerprint density at radius 2 is 2.05 bits per heavy atom. The molecule has 1 aromatic heterocycles. The van der Waals surface area contributed by atoms with Crippen LogP contribution in [0.4, 0.5) is 0 Å². The molecule has 0 saturated carbocycles. The number of nitrogens with zero attached hydrogens (tertiary/aromatic N) is 3. The number of aromatic nitrogens is 2. The highest BCUT2D eigenvalue weighted by Crippen LogP contribution is 2.22. The van der Waals surface area contributed by atoms with Gasteiger partial charge in [0.2, 0.25) is 0 Å². The molecule has 0 bridgehead atoms. The summed E-state index contributed by atoms with van der Waals surface area (Å²) in [6.07, 6.45) is 4.80. The molecule has 96 valence electrons. The molecule has 0 spiro atoms. The van der Waals surface area contributed by atoms with Gasteiger partial charge in [0.1, 0.15) is 5.82 Å². The summed E-state index contributed by atoms with van der Waals surface area (Å²) in [6, 6.07) is 12.7. The lowest BCUT2D eigenvalue weighted by Gasteiger charge is -2.17. The van der Waals surface area contributed by atoms with Crippen LogP contribution in [0.5, 0.6) is 0 Å². The van der Waals surface area contributed by atoms with Crippen LogP contribution in [0, 0.1) is 11.3 Å². The van der Waals surface area contributed by atoms with Crippen molar-refractivity contribution in [3.8, 4) is 6.07 Å². The fourth-order valence-electron chi connectivity index (χ4n) is 2.83. The summed E-state index contributed by atoms with van der Waals surface area (Å²) in [7, 11) is 0. The Kier molecular flexibility index (Phi) is 3.33. The number of benzene rings is 1. The molecule has 3 nitrogen and oxygen atoms in total. The molecule has 3 rings (SSSR count). The molecule has 0 amide bonds. The first-order valence-electron chi connectivity index (χ1n) is 6.86. The van der Waals surface area contributed by atoms with Gasteiger partial charge in [-0.15, -0.1) is 0 Å². The molecule has 19 heavy (non-hydrogen) atoms. The maximum Gasteiger partial charge on any atom is 0.113 e. The lowest BCUT2D eigenvalue weighted by atomic mass is 10.1. The highest BCUT2D eigenvalue weighted by atomic mass is 15.1. The van der Waals surface area contributed by atoms with Crippen molar-refractivity contribution in [1.29, 1.82) is 5.26 Å². The molecule has 2 heterocycles. The van der Waals surface area contributed by atoms with Gasteiger partial charge < -0.3 is 4.57 Å². The van der Waals surface area contributed by atoms with E-state index in [2.05, 4.69) is 34.9 Å². The zero-order chi connectivity index (χ0) is 13.1. The second kappa shape index (κ2) is 5.27. The summed E-state index contributed by atoms with van der Waals surface area (Å²) in [6.45, 7) is 1.05. The van der Waals surface area contributed by atoms with E-state index in [0.29, 0.717) is 6.42 Å². The fraction of sp³-hybridized carbons (Fsp3) is 0.375. The zero-order valence-electron chi connectivity index (χ0n) is 11.0. The first kappa shape index (κ1) is 12.0. The van der Waals surface area contributed by atoms with E-state index >= 15 is 0 Å². The van der Waals surface area contributed by atoms with Crippen molar-refractivity contribution in [3.63, 3.8) is 0 Å². The van der Waals surface area contributed by atoms with Gasteiger partial charge in [0.15, 0.2) is 0 Å². The molecule has 0 saturated heterocycles. The van der Waals surface area contributed by atoms with E-state index in [1.807, 2.05) is 6.07 Å². The van der Waals surface area contributed by atoms with E-state index < -0.39 is 0 Å². The fourth-order valence-corrected chi connectivity index (χ4v) is 2.83. The van der Waals surface area contributed by atoms with Gasteiger partial charge in [0, 0.05) is 18.7 Å². The molecule has 1 aliphatic rings. The highest BCUT2D eigenvalue weighted by Gasteiger charge is 2.19. The van der Waals surface area contributed by atoms with Gasteiger partial charge in [-0.05, 0) is 24.8 Å². The van der Waals surface area contributed by atoms with Crippen LogP contribution in [0.1, 0.15) is 35.6 Å². The van der Waals surface area contributed by atoms with Gasteiger partial charge >= 0.3 is 0 Å². The molecule has 1 aromatic carbocycles. The lowest BCUT2D eigenvalue weighted by molar-refractivity contribution is 0.516. The predicted molar refractivity (Wildman–Crippen MR) is 73.7 cm³/mol. The molecular formula is C16H17N3. The summed E-state index contributed by atoms with van der Waals surface area (Å²) in [5.74, 6) is 1.12. The first-order valence-corrected chi connectivity index (χ1v) is 6.86. The third-order valence-corrected chi connectivity index (χ3v) is 3.73. The second-order valence-corrected chi connectivity index (χ2v) is 5.03. The Bertz CT molecular complexity index is 605.